The smallest absolute Gasteiger partial charge is 0.228 e. The summed E-state index contributed by atoms with van der Waals surface area (Å²) in [6.45, 7) is 0. The molecular weight excluding hydrogens is 508 g/mol. The summed E-state index contributed by atoms with van der Waals surface area (Å²) in [6, 6.07) is 34.2. The highest BCUT2D eigenvalue weighted by molar-refractivity contribution is 6.03. The highest BCUT2D eigenvalue weighted by atomic mass is 15.7. The molecule has 2 atom stereocenters. The molecule has 41 heavy (non-hydrogen) atoms. The average molecular weight is 526 g/mol. The molecular formula is C33H17N8+. The summed E-state index contributed by atoms with van der Waals surface area (Å²) in [4.78, 5) is 21.8. The third kappa shape index (κ3) is 1.78. The molecule has 7 aromatic rings. The molecule has 4 aromatic carbocycles. The molecule has 1 spiro atoms. The summed E-state index contributed by atoms with van der Waals surface area (Å²) < 4.78 is 9.47. The molecule has 5 aliphatic rings. The van der Waals surface area contributed by atoms with Crippen LogP contribution in [0.25, 0.3) is 32.3 Å². The van der Waals surface area contributed by atoms with E-state index in [0.717, 1.165) is 77.3 Å². The second kappa shape index (κ2) is 5.93. The van der Waals surface area contributed by atoms with Crippen LogP contribution in [0.5, 0.6) is 0 Å². The number of benzene rings is 4. The van der Waals surface area contributed by atoms with E-state index in [2.05, 4.69) is 115 Å². The van der Waals surface area contributed by atoms with Crippen molar-refractivity contribution in [3.8, 4) is 0 Å². The minimum Gasteiger partial charge on any atom is -0.228 e. The maximum Gasteiger partial charge on any atom is 0.373 e. The van der Waals surface area contributed by atoms with Gasteiger partial charge in [0.15, 0.2) is 22.6 Å². The normalized spacial score (nSPS) is 21.2. The fourth-order valence-corrected chi connectivity index (χ4v) is 8.07. The minimum atomic E-state index is -0.886. The molecule has 0 aliphatic carbocycles. The predicted octanol–water partition coefficient (Wildman–Crippen LogP) is 3.48. The van der Waals surface area contributed by atoms with Crippen LogP contribution in [-0.2, 0) is 5.91 Å². The molecule has 0 saturated carbocycles. The lowest BCUT2D eigenvalue weighted by Crippen LogP contribution is -2.72. The summed E-state index contributed by atoms with van der Waals surface area (Å²) in [6.07, 6.45) is -0.252. The van der Waals surface area contributed by atoms with Crippen molar-refractivity contribution < 1.29 is 4.58 Å². The summed E-state index contributed by atoms with van der Waals surface area (Å²) in [7, 11) is 0. The second-order valence-electron chi connectivity index (χ2n) is 11.3. The summed E-state index contributed by atoms with van der Waals surface area (Å²) in [5, 5.41) is 6.57. The van der Waals surface area contributed by atoms with Gasteiger partial charge in [-0.25, -0.2) is 28.7 Å². The molecule has 8 heterocycles. The lowest BCUT2D eigenvalue weighted by molar-refractivity contribution is -0.694. The van der Waals surface area contributed by atoms with E-state index in [1.165, 1.54) is 5.56 Å². The van der Waals surface area contributed by atoms with Gasteiger partial charge in [-0.05, 0) is 17.1 Å². The molecule has 0 N–H and O–H groups in total. The molecule has 0 fully saturated rings. The van der Waals surface area contributed by atoms with Crippen molar-refractivity contribution in [1.29, 1.82) is 0 Å². The Kier molecular flexibility index (Phi) is 2.81. The predicted molar refractivity (Wildman–Crippen MR) is 152 cm³/mol. The molecule has 0 bridgehead atoms. The van der Waals surface area contributed by atoms with E-state index in [1.54, 1.807) is 0 Å². The van der Waals surface area contributed by atoms with E-state index in [0.29, 0.717) is 0 Å². The lowest BCUT2D eigenvalue weighted by Gasteiger charge is -2.43. The Morgan fingerprint density at radius 2 is 1.00 bits per heavy atom. The summed E-state index contributed by atoms with van der Waals surface area (Å²) in [5.74, 6) is 1.87. The van der Waals surface area contributed by atoms with Gasteiger partial charge in [-0.15, -0.1) is 0 Å². The number of nitrogens with zero attached hydrogens (tertiary/aromatic N) is 8. The highest BCUT2D eigenvalue weighted by Crippen LogP contribution is 2.50. The van der Waals surface area contributed by atoms with Gasteiger partial charge >= 0.3 is 11.7 Å². The molecule has 12 rings (SSSR count). The zero-order chi connectivity index (χ0) is 26.2. The first-order valence-electron chi connectivity index (χ1n) is 13.9. The van der Waals surface area contributed by atoms with Gasteiger partial charge in [0.1, 0.15) is 5.49 Å². The molecule has 8 heteroatoms. The third-order valence-electron chi connectivity index (χ3n) is 9.55. The van der Waals surface area contributed by atoms with Crippen molar-refractivity contribution in [2.45, 2.75) is 12.1 Å². The van der Waals surface area contributed by atoms with Crippen LogP contribution in [0.3, 0.4) is 0 Å². The monoisotopic (exact) mass is 525 g/mol. The van der Waals surface area contributed by atoms with Crippen molar-refractivity contribution in [3.63, 3.8) is 0 Å². The van der Waals surface area contributed by atoms with E-state index < -0.39 is 5.91 Å². The largest absolute Gasteiger partial charge is 0.373 e. The highest BCUT2D eigenvalue weighted by Gasteiger charge is 2.64. The average Bonchev–Trinajstić information content (AvgIpc) is 3.74. The number of rotatable bonds is 0. The zero-order valence-electron chi connectivity index (χ0n) is 21.4. The molecule has 0 saturated heterocycles. The minimum absolute atomic E-state index is 0.252. The Morgan fingerprint density at radius 1 is 0.512 bits per heavy atom. The zero-order valence-corrected chi connectivity index (χ0v) is 21.4. The van der Waals surface area contributed by atoms with Crippen molar-refractivity contribution in [3.05, 3.63) is 130 Å². The SMILES string of the molecule is c1ccc2c(c1)C1=[N+]3C2N=c2c4ccccc4c4n2C32n3c(c5ccccc5c3N=4)N=c3c4ccccc4c(n32)=N1. The Morgan fingerprint density at radius 3 is 1.63 bits per heavy atom. The van der Waals surface area contributed by atoms with Crippen LogP contribution in [0, 0.1) is 0 Å². The van der Waals surface area contributed by atoms with Crippen molar-refractivity contribution >= 4 is 49.8 Å². The Hall–Kier alpha value is -5.63. The first kappa shape index (κ1) is 19.4. The lowest BCUT2D eigenvalue weighted by atomic mass is 10.1. The van der Waals surface area contributed by atoms with Gasteiger partial charge in [0.25, 0.3) is 5.49 Å². The fraction of sp³-hybridized carbons (Fsp3) is 0.0606. The van der Waals surface area contributed by atoms with Crippen LogP contribution in [0.4, 0.5) is 11.6 Å². The first-order valence-corrected chi connectivity index (χ1v) is 13.9. The third-order valence-corrected chi connectivity index (χ3v) is 9.55. The number of hydrogen-bond donors (Lipinski definition) is 0. The Balaban J connectivity index is 1.50. The quantitative estimate of drug-likeness (QED) is 0.272. The maximum absolute atomic E-state index is 5.50. The van der Waals surface area contributed by atoms with E-state index in [9.17, 15) is 0 Å². The molecule has 0 amide bonds. The standard InChI is InChI=1S/C33H17N8/c1-2-10-18-17(9-1)25-34-27-19-11-3-4-12-20(19)29-36-31-23-15-7-8-16-24(23)32-37-30-22-14-6-5-13-21(22)28-35-26(18)38(25)33(39(27)29,40(28)30)41(31)32/h1-16,25H/q+1. The van der Waals surface area contributed by atoms with Crippen LogP contribution in [0.15, 0.2) is 117 Å². The van der Waals surface area contributed by atoms with E-state index in [-0.39, 0.29) is 6.17 Å². The Bertz CT molecular complexity index is 2740. The van der Waals surface area contributed by atoms with Gasteiger partial charge in [0.2, 0.25) is 6.17 Å². The molecule has 3 aromatic heterocycles. The Labute approximate surface area is 230 Å². The van der Waals surface area contributed by atoms with Gasteiger partial charge in [0, 0.05) is 32.5 Å². The van der Waals surface area contributed by atoms with Crippen LogP contribution >= 0.6 is 0 Å². The number of aromatic nitrogens is 3. The van der Waals surface area contributed by atoms with E-state index >= 15 is 0 Å². The number of fused-ring (bicyclic) bond motifs is 12. The molecule has 0 radical (unpaired) electrons. The van der Waals surface area contributed by atoms with Crippen LogP contribution in [0.1, 0.15) is 17.3 Å². The second-order valence-corrected chi connectivity index (χ2v) is 11.3. The van der Waals surface area contributed by atoms with Crippen LogP contribution in [-0.4, -0.2) is 24.1 Å². The van der Waals surface area contributed by atoms with Crippen molar-refractivity contribution in [2.75, 3.05) is 0 Å². The van der Waals surface area contributed by atoms with Crippen LogP contribution in [0.2, 0.25) is 0 Å². The van der Waals surface area contributed by atoms with Gasteiger partial charge < -0.3 is 0 Å². The maximum atomic E-state index is 5.50. The fourth-order valence-electron chi connectivity index (χ4n) is 8.07. The first-order chi connectivity index (χ1) is 20.4. The summed E-state index contributed by atoms with van der Waals surface area (Å²) >= 11 is 0. The number of amidine groups is 1. The van der Waals surface area contributed by atoms with Crippen LogP contribution < -0.4 is 22.0 Å². The molecule has 5 aliphatic heterocycles. The molecule has 188 valence electrons. The van der Waals surface area contributed by atoms with Crippen molar-refractivity contribution in [1.82, 2.24) is 13.7 Å². The van der Waals surface area contributed by atoms with Gasteiger partial charge in [-0.3, -0.25) is 0 Å². The van der Waals surface area contributed by atoms with Gasteiger partial charge in [-0.1, -0.05) is 84.9 Å². The van der Waals surface area contributed by atoms with Gasteiger partial charge in [0.05, 0.1) is 10.9 Å². The number of hydrogen-bond acceptors (Lipinski definition) is 4. The molecule has 2 unspecified atom stereocenters. The van der Waals surface area contributed by atoms with E-state index in [4.69, 9.17) is 20.0 Å². The van der Waals surface area contributed by atoms with Crippen molar-refractivity contribution in [2.24, 2.45) is 20.0 Å². The molecule has 8 nitrogen and oxygen atoms in total. The summed E-state index contributed by atoms with van der Waals surface area (Å²) in [5.41, 5.74) is 5.95. The topological polar surface area (TPSA) is 67.2 Å². The van der Waals surface area contributed by atoms with Gasteiger partial charge in [-0.2, -0.15) is 4.58 Å². The van der Waals surface area contributed by atoms with E-state index in [1.807, 2.05) is 0 Å².